The van der Waals surface area contributed by atoms with Crippen molar-refractivity contribution in [2.45, 2.75) is 59.3 Å². The number of aromatic nitrogens is 1. The largest absolute Gasteiger partial charge is 0.385 e. The van der Waals surface area contributed by atoms with Gasteiger partial charge in [-0.1, -0.05) is 31.7 Å². The van der Waals surface area contributed by atoms with Crippen LogP contribution in [0.3, 0.4) is 0 Å². The van der Waals surface area contributed by atoms with Crippen LogP contribution in [0.4, 0.5) is 10.8 Å². The molecule has 0 unspecified atom stereocenters. The van der Waals surface area contributed by atoms with E-state index in [-0.39, 0.29) is 5.91 Å². The number of benzene rings is 1. The Kier molecular flexibility index (Phi) is 8.75. The molecule has 0 fully saturated rings. The maximum Gasteiger partial charge on any atom is 0.257 e. The Morgan fingerprint density at radius 3 is 2.44 bits per heavy atom. The number of aryl methyl sites for hydroxylation is 3. The van der Waals surface area contributed by atoms with Crippen LogP contribution in [0.25, 0.3) is 0 Å². The smallest absolute Gasteiger partial charge is 0.257 e. The predicted molar refractivity (Wildman–Crippen MR) is 116 cm³/mol. The summed E-state index contributed by atoms with van der Waals surface area (Å²) in [6, 6.07) is 5.95. The summed E-state index contributed by atoms with van der Waals surface area (Å²) in [5.74, 6) is -0.107. The van der Waals surface area contributed by atoms with Gasteiger partial charge in [0, 0.05) is 22.7 Å². The van der Waals surface area contributed by atoms with Crippen molar-refractivity contribution in [2.75, 3.05) is 23.7 Å². The number of nitrogens with two attached hydrogens (primary N) is 1. The van der Waals surface area contributed by atoms with Crippen LogP contribution in [0.15, 0.2) is 18.2 Å². The zero-order chi connectivity index (χ0) is 19.6. The molecule has 2 rings (SSSR count). The topological polar surface area (TPSA) is 80.0 Å². The van der Waals surface area contributed by atoms with Gasteiger partial charge in [-0.05, 0) is 57.9 Å². The summed E-state index contributed by atoms with van der Waals surface area (Å²) in [6.45, 7) is 7.64. The van der Waals surface area contributed by atoms with Gasteiger partial charge in [0.15, 0.2) is 5.13 Å². The Balaban J connectivity index is 1.83. The van der Waals surface area contributed by atoms with Gasteiger partial charge in [-0.15, -0.1) is 11.3 Å². The van der Waals surface area contributed by atoms with Crippen LogP contribution in [-0.4, -0.2) is 24.0 Å². The van der Waals surface area contributed by atoms with E-state index >= 15 is 0 Å². The monoisotopic (exact) mass is 388 g/mol. The summed E-state index contributed by atoms with van der Waals surface area (Å²) in [4.78, 5) is 18.1. The Bertz CT molecular complexity index is 722. The molecule has 0 aliphatic rings. The van der Waals surface area contributed by atoms with Crippen molar-refractivity contribution in [1.82, 2.24) is 4.98 Å². The van der Waals surface area contributed by atoms with Gasteiger partial charge in [0.2, 0.25) is 0 Å². The molecule has 0 aliphatic carbocycles. The number of hydrogen-bond acceptors (Lipinski definition) is 5. The van der Waals surface area contributed by atoms with Crippen LogP contribution in [0.1, 0.15) is 65.0 Å². The molecule has 0 bridgehead atoms. The van der Waals surface area contributed by atoms with E-state index in [0.717, 1.165) is 47.8 Å². The molecule has 4 N–H and O–H groups in total. The van der Waals surface area contributed by atoms with E-state index in [1.807, 2.05) is 39.0 Å². The number of anilines is 2. The average molecular weight is 389 g/mol. The van der Waals surface area contributed by atoms with E-state index in [9.17, 15) is 4.79 Å². The lowest BCUT2D eigenvalue weighted by Crippen LogP contribution is -2.14. The van der Waals surface area contributed by atoms with Gasteiger partial charge in [0.05, 0.1) is 5.69 Å². The molecular weight excluding hydrogens is 356 g/mol. The van der Waals surface area contributed by atoms with Crippen molar-refractivity contribution in [3.8, 4) is 0 Å². The normalized spacial score (nSPS) is 10.8. The van der Waals surface area contributed by atoms with Crippen molar-refractivity contribution >= 4 is 28.1 Å². The Labute approximate surface area is 166 Å². The Morgan fingerprint density at radius 1 is 1.07 bits per heavy atom. The summed E-state index contributed by atoms with van der Waals surface area (Å²) < 4.78 is 0. The van der Waals surface area contributed by atoms with Crippen LogP contribution in [0.2, 0.25) is 0 Å². The van der Waals surface area contributed by atoms with Crippen LogP contribution in [0.5, 0.6) is 0 Å². The molecule has 0 radical (unpaired) electrons. The van der Waals surface area contributed by atoms with Gasteiger partial charge in [-0.3, -0.25) is 10.1 Å². The molecule has 0 atom stereocenters. The van der Waals surface area contributed by atoms with Gasteiger partial charge in [-0.25, -0.2) is 4.98 Å². The highest BCUT2D eigenvalue weighted by Crippen LogP contribution is 2.23. The molecule has 148 valence electrons. The summed E-state index contributed by atoms with van der Waals surface area (Å²) in [6.07, 6.45) is 7.25. The maximum absolute atomic E-state index is 12.6. The number of rotatable bonds is 11. The third kappa shape index (κ3) is 6.96. The minimum absolute atomic E-state index is 0.107. The molecule has 0 saturated heterocycles. The first-order valence-corrected chi connectivity index (χ1v) is 10.6. The lowest BCUT2D eigenvalue weighted by Gasteiger charge is -2.11. The van der Waals surface area contributed by atoms with E-state index in [4.69, 9.17) is 5.73 Å². The second kappa shape index (κ2) is 11.0. The Morgan fingerprint density at radius 2 is 1.78 bits per heavy atom. The number of hydrogen-bond donors (Lipinski definition) is 3. The summed E-state index contributed by atoms with van der Waals surface area (Å²) in [5.41, 5.74) is 9.11. The van der Waals surface area contributed by atoms with Gasteiger partial charge >= 0.3 is 0 Å². The molecule has 1 amide bonds. The average Bonchev–Trinajstić information content (AvgIpc) is 2.95. The Hall–Kier alpha value is -1.92. The first kappa shape index (κ1) is 21.4. The van der Waals surface area contributed by atoms with Crippen LogP contribution < -0.4 is 16.4 Å². The zero-order valence-electron chi connectivity index (χ0n) is 16.7. The lowest BCUT2D eigenvalue weighted by atomic mass is 10.1. The maximum atomic E-state index is 12.6. The molecule has 0 spiro atoms. The highest BCUT2D eigenvalue weighted by Gasteiger charge is 2.13. The molecule has 1 aromatic carbocycles. The third-order valence-corrected chi connectivity index (χ3v) is 5.68. The minimum atomic E-state index is -0.107. The van der Waals surface area contributed by atoms with Gasteiger partial charge in [-0.2, -0.15) is 0 Å². The quantitative estimate of drug-likeness (QED) is 0.472. The SMILES string of the molecule is Cc1ccc(NCCCCCCCCN)cc1C(=O)Nc1nc(C)c(C)s1. The standard InChI is InChI=1S/C21H32N4OS/c1-15-10-11-18(23-13-9-7-5-4-6-8-12-22)14-19(15)20(26)25-21-24-16(2)17(3)27-21/h10-11,14,23H,4-9,12-13,22H2,1-3H3,(H,24,25,26). The highest BCUT2D eigenvalue weighted by atomic mass is 32.1. The summed E-state index contributed by atoms with van der Waals surface area (Å²) >= 11 is 1.51. The van der Waals surface area contributed by atoms with Gasteiger partial charge in [0.1, 0.15) is 0 Å². The van der Waals surface area contributed by atoms with E-state index in [1.54, 1.807) is 0 Å². The second-order valence-corrected chi connectivity index (χ2v) is 8.18. The number of unbranched alkanes of at least 4 members (excludes halogenated alkanes) is 5. The molecule has 27 heavy (non-hydrogen) atoms. The first-order valence-electron chi connectivity index (χ1n) is 9.81. The van der Waals surface area contributed by atoms with Gasteiger partial charge in [0.25, 0.3) is 5.91 Å². The minimum Gasteiger partial charge on any atom is -0.385 e. The van der Waals surface area contributed by atoms with Crippen molar-refractivity contribution in [2.24, 2.45) is 5.73 Å². The number of carbonyl (C=O) groups is 1. The summed E-state index contributed by atoms with van der Waals surface area (Å²) in [7, 11) is 0. The number of carbonyl (C=O) groups excluding carboxylic acids is 1. The van der Waals surface area contributed by atoms with Crippen molar-refractivity contribution in [1.29, 1.82) is 0 Å². The fourth-order valence-corrected chi connectivity index (χ4v) is 3.69. The number of nitrogens with one attached hydrogen (secondary N) is 2. The highest BCUT2D eigenvalue weighted by molar-refractivity contribution is 7.15. The third-order valence-electron chi connectivity index (χ3n) is 4.69. The molecule has 1 aromatic heterocycles. The number of thiazole rings is 1. The number of nitrogens with zero attached hydrogens (tertiary/aromatic N) is 1. The van der Waals surface area contributed by atoms with E-state index < -0.39 is 0 Å². The molecule has 2 aromatic rings. The molecule has 0 saturated carbocycles. The molecule has 0 aliphatic heterocycles. The fraction of sp³-hybridized carbons (Fsp3) is 0.524. The fourth-order valence-electron chi connectivity index (χ4n) is 2.88. The second-order valence-electron chi connectivity index (χ2n) is 6.98. The van der Waals surface area contributed by atoms with Crippen LogP contribution in [-0.2, 0) is 0 Å². The lowest BCUT2D eigenvalue weighted by molar-refractivity contribution is 0.102. The first-order chi connectivity index (χ1) is 13.0. The van der Waals surface area contributed by atoms with E-state index in [2.05, 4.69) is 15.6 Å². The molecular formula is C21H32N4OS. The van der Waals surface area contributed by atoms with Crippen LogP contribution >= 0.6 is 11.3 Å². The zero-order valence-corrected chi connectivity index (χ0v) is 17.5. The molecule has 1 heterocycles. The van der Waals surface area contributed by atoms with Crippen molar-refractivity contribution < 1.29 is 4.79 Å². The van der Waals surface area contributed by atoms with Crippen LogP contribution in [0, 0.1) is 20.8 Å². The predicted octanol–water partition coefficient (Wildman–Crippen LogP) is 5.03. The van der Waals surface area contributed by atoms with Gasteiger partial charge < -0.3 is 11.1 Å². The summed E-state index contributed by atoms with van der Waals surface area (Å²) in [5, 5.41) is 7.01. The van der Waals surface area contributed by atoms with Crippen molar-refractivity contribution in [3.05, 3.63) is 39.9 Å². The van der Waals surface area contributed by atoms with Crippen molar-refractivity contribution in [3.63, 3.8) is 0 Å². The molecule has 5 nitrogen and oxygen atoms in total. The van der Waals surface area contributed by atoms with E-state index in [0.29, 0.717) is 10.7 Å². The molecule has 6 heteroatoms. The van der Waals surface area contributed by atoms with E-state index in [1.165, 1.54) is 37.0 Å². The number of amides is 1.